The first-order valence-electron chi connectivity index (χ1n) is 8.99. The van der Waals surface area contributed by atoms with Crippen LogP contribution < -0.4 is 0 Å². The minimum atomic E-state index is -0.535. The van der Waals surface area contributed by atoms with Crippen molar-refractivity contribution in [2.45, 2.75) is 27.1 Å². The van der Waals surface area contributed by atoms with Gasteiger partial charge in [-0.1, -0.05) is 47.5 Å². The van der Waals surface area contributed by atoms with Crippen molar-refractivity contribution in [2.75, 3.05) is 0 Å². The minimum absolute atomic E-state index is 0.0774. The topological polar surface area (TPSA) is 88.2 Å². The van der Waals surface area contributed by atoms with Gasteiger partial charge in [0.05, 0.1) is 11.4 Å². The number of hydrogen-bond acceptors (Lipinski definition) is 6. The Bertz CT molecular complexity index is 1020. The Hall–Kier alpha value is -2.84. The van der Waals surface area contributed by atoms with Crippen LogP contribution in [0, 0.1) is 13.8 Å². The molecule has 0 radical (unpaired) electrons. The maximum atomic E-state index is 12.3. The number of esters is 2. The standard InChI is InChI=1S/C20H20Cl2N4O4/c1-11-15(17(21)25(3)23-11)19(27)29-9-13-5-7-14(8-6-13)10-30-20(28)16-12(2)24-26(4)18(16)22/h5-8H,9-10H2,1-4H3. The average molecular weight is 451 g/mol. The molecule has 158 valence electrons. The van der Waals surface area contributed by atoms with Crippen molar-refractivity contribution in [1.29, 1.82) is 0 Å². The van der Waals surface area contributed by atoms with Gasteiger partial charge in [-0.05, 0) is 25.0 Å². The largest absolute Gasteiger partial charge is 0.457 e. The molecule has 2 aromatic heterocycles. The summed E-state index contributed by atoms with van der Waals surface area (Å²) in [6.45, 7) is 3.54. The summed E-state index contributed by atoms with van der Waals surface area (Å²) in [6.07, 6.45) is 0. The summed E-state index contributed by atoms with van der Waals surface area (Å²) in [5.41, 5.74) is 3.09. The molecule has 3 aromatic rings. The first-order chi connectivity index (χ1) is 14.2. The predicted octanol–water partition coefficient (Wildman–Crippen LogP) is 3.79. The van der Waals surface area contributed by atoms with Crippen molar-refractivity contribution in [2.24, 2.45) is 14.1 Å². The second-order valence-corrected chi connectivity index (χ2v) is 7.43. The van der Waals surface area contributed by atoms with Crippen LogP contribution in [0.1, 0.15) is 43.2 Å². The molecule has 0 spiro atoms. The van der Waals surface area contributed by atoms with Gasteiger partial charge in [0.2, 0.25) is 0 Å². The molecule has 0 amide bonds. The van der Waals surface area contributed by atoms with E-state index in [0.717, 1.165) is 11.1 Å². The zero-order valence-corrected chi connectivity index (χ0v) is 18.4. The first kappa shape index (κ1) is 21.9. The van der Waals surface area contributed by atoms with Gasteiger partial charge in [-0.15, -0.1) is 0 Å². The van der Waals surface area contributed by atoms with Crippen molar-refractivity contribution in [1.82, 2.24) is 19.6 Å². The smallest absolute Gasteiger partial charge is 0.343 e. The van der Waals surface area contributed by atoms with Gasteiger partial charge in [-0.25, -0.2) is 9.59 Å². The Morgan fingerprint density at radius 1 is 0.800 bits per heavy atom. The molecule has 0 saturated heterocycles. The van der Waals surface area contributed by atoms with Crippen LogP contribution in [0.2, 0.25) is 10.3 Å². The zero-order valence-electron chi connectivity index (χ0n) is 16.9. The van der Waals surface area contributed by atoms with Crippen molar-refractivity contribution < 1.29 is 19.1 Å². The van der Waals surface area contributed by atoms with Gasteiger partial charge in [-0.2, -0.15) is 10.2 Å². The number of halogens is 2. The number of aromatic nitrogens is 4. The zero-order chi connectivity index (χ0) is 22.0. The first-order valence-corrected chi connectivity index (χ1v) is 9.75. The van der Waals surface area contributed by atoms with Crippen LogP contribution in [-0.4, -0.2) is 31.5 Å². The lowest BCUT2D eigenvalue weighted by atomic mass is 10.1. The van der Waals surface area contributed by atoms with E-state index in [1.165, 1.54) is 9.36 Å². The molecule has 0 N–H and O–H groups in total. The third kappa shape index (κ3) is 4.49. The van der Waals surface area contributed by atoms with Gasteiger partial charge < -0.3 is 9.47 Å². The summed E-state index contributed by atoms with van der Waals surface area (Å²) in [6, 6.07) is 7.15. The van der Waals surface area contributed by atoms with E-state index in [1.807, 2.05) is 0 Å². The van der Waals surface area contributed by atoms with Crippen LogP contribution >= 0.6 is 23.2 Å². The molecular weight excluding hydrogens is 431 g/mol. The third-order valence-electron chi connectivity index (χ3n) is 4.48. The number of rotatable bonds is 6. The van der Waals surface area contributed by atoms with Crippen LogP contribution in [0.3, 0.4) is 0 Å². The molecule has 8 nitrogen and oxygen atoms in total. The molecule has 10 heteroatoms. The number of benzene rings is 1. The van der Waals surface area contributed by atoms with E-state index in [4.69, 9.17) is 32.7 Å². The van der Waals surface area contributed by atoms with Gasteiger partial charge in [-0.3, -0.25) is 9.36 Å². The number of carbonyl (C=O) groups is 2. The third-order valence-corrected chi connectivity index (χ3v) is 5.34. The highest BCUT2D eigenvalue weighted by Gasteiger charge is 2.21. The summed E-state index contributed by atoms with van der Waals surface area (Å²) in [7, 11) is 3.31. The fourth-order valence-electron chi connectivity index (χ4n) is 2.90. The van der Waals surface area contributed by atoms with E-state index in [-0.39, 0.29) is 34.6 Å². The van der Waals surface area contributed by atoms with Crippen LogP contribution in [0.15, 0.2) is 24.3 Å². The molecule has 0 atom stereocenters. The maximum Gasteiger partial charge on any atom is 0.343 e. The normalized spacial score (nSPS) is 10.9. The summed E-state index contributed by atoms with van der Waals surface area (Å²) in [5.74, 6) is -1.07. The molecule has 0 aliphatic rings. The van der Waals surface area contributed by atoms with Crippen LogP contribution in [0.5, 0.6) is 0 Å². The molecule has 2 heterocycles. The molecule has 0 aliphatic heterocycles. The number of aryl methyl sites for hydroxylation is 4. The van der Waals surface area contributed by atoms with Crippen LogP contribution in [-0.2, 0) is 36.8 Å². The fraction of sp³-hybridized carbons (Fsp3) is 0.300. The van der Waals surface area contributed by atoms with Crippen molar-refractivity contribution in [3.05, 3.63) is 68.2 Å². The number of carbonyl (C=O) groups excluding carboxylic acids is 2. The molecular formula is C20H20Cl2N4O4. The Labute approximate surface area is 183 Å². The molecule has 1 aromatic carbocycles. The number of hydrogen-bond donors (Lipinski definition) is 0. The van der Waals surface area contributed by atoms with Crippen LogP contribution in [0.4, 0.5) is 0 Å². The summed E-state index contributed by atoms with van der Waals surface area (Å²) < 4.78 is 13.5. The minimum Gasteiger partial charge on any atom is -0.457 e. The lowest BCUT2D eigenvalue weighted by molar-refractivity contribution is 0.0459. The highest BCUT2D eigenvalue weighted by atomic mass is 35.5. The van der Waals surface area contributed by atoms with Crippen LogP contribution in [0.25, 0.3) is 0 Å². The Kier molecular flexibility index (Phi) is 6.48. The van der Waals surface area contributed by atoms with Crippen molar-refractivity contribution in [3.8, 4) is 0 Å². The van der Waals surface area contributed by atoms with E-state index in [9.17, 15) is 9.59 Å². The summed E-state index contributed by atoms with van der Waals surface area (Å²) in [4.78, 5) is 24.5. The summed E-state index contributed by atoms with van der Waals surface area (Å²) >= 11 is 12.2. The molecule has 30 heavy (non-hydrogen) atoms. The fourth-order valence-corrected chi connectivity index (χ4v) is 3.40. The molecule has 3 rings (SSSR count). The maximum absolute atomic E-state index is 12.3. The number of nitrogens with zero attached hydrogens (tertiary/aromatic N) is 4. The van der Waals surface area contributed by atoms with E-state index in [0.29, 0.717) is 11.4 Å². The van der Waals surface area contributed by atoms with E-state index in [1.54, 1.807) is 52.2 Å². The molecule has 0 bridgehead atoms. The van der Waals surface area contributed by atoms with Gasteiger partial charge in [0, 0.05) is 14.1 Å². The molecule has 0 aliphatic carbocycles. The van der Waals surface area contributed by atoms with Gasteiger partial charge in [0.25, 0.3) is 0 Å². The van der Waals surface area contributed by atoms with Gasteiger partial charge >= 0.3 is 11.9 Å². The molecule has 0 unspecified atom stereocenters. The van der Waals surface area contributed by atoms with Gasteiger partial charge in [0.1, 0.15) is 34.6 Å². The lowest BCUT2D eigenvalue weighted by Gasteiger charge is -2.07. The second-order valence-electron chi connectivity index (χ2n) is 6.72. The van der Waals surface area contributed by atoms with Gasteiger partial charge in [0.15, 0.2) is 0 Å². The van der Waals surface area contributed by atoms with E-state index in [2.05, 4.69) is 10.2 Å². The summed E-state index contributed by atoms with van der Waals surface area (Å²) in [5, 5.41) is 8.66. The highest BCUT2D eigenvalue weighted by molar-refractivity contribution is 6.33. The van der Waals surface area contributed by atoms with E-state index >= 15 is 0 Å². The quantitative estimate of drug-likeness (QED) is 0.530. The van der Waals surface area contributed by atoms with Crippen molar-refractivity contribution in [3.63, 3.8) is 0 Å². The lowest BCUT2D eigenvalue weighted by Crippen LogP contribution is -2.08. The Morgan fingerprint density at radius 2 is 1.13 bits per heavy atom. The highest BCUT2D eigenvalue weighted by Crippen LogP contribution is 2.21. The Balaban J connectivity index is 1.56. The SMILES string of the molecule is Cc1nn(C)c(Cl)c1C(=O)OCc1ccc(COC(=O)c2c(C)nn(C)c2Cl)cc1. The monoisotopic (exact) mass is 450 g/mol. The predicted molar refractivity (Wildman–Crippen MR) is 111 cm³/mol. The molecule has 0 fully saturated rings. The Morgan fingerprint density at radius 3 is 1.40 bits per heavy atom. The van der Waals surface area contributed by atoms with E-state index < -0.39 is 11.9 Å². The molecule has 0 saturated carbocycles. The number of ether oxygens (including phenoxy) is 2. The average Bonchev–Trinajstić information content (AvgIpc) is 3.11. The second kappa shape index (κ2) is 8.89. The van der Waals surface area contributed by atoms with Crippen molar-refractivity contribution >= 4 is 35.1 Å².